The van der Waals surface area contributed by atoms with Gasteiger partial charge in [-0.15, -0.1) is 11.3 Å². The van der Waals surface area contributed by atoms with Gasteiger partial charge in [-0.2, -0.15) is 13.2 Å². The number of halogens is 3. The van der Waals surface area contributed by atoms with Crippen molar-refractivity contribution in [3.63, 3.8) is 0 Å². The fourth-order valence-corrected chi connectivity index (χ4v) is 7.74. The summed E-state index contributed by atoms with van der Waals surface area (Å²) in [6.07, 6.45) is -2.04. The van der Waals surface area contributed by atoms with E-state index in [1.807, 2.05) is 66.0 Å². The summed E-state index contributed by atoms with van der Waals surface area (Å²) in [6.45, 7) is 4.87. The lowest BCUT2D eigenvalue weighted by atomic mass is 9.80. The molecule has 3 aliphatic heterocycles. The van der Waals surface area contributed by atoms with E-state index in [0.29, 0.717) is 23.0 Å². The second-order valence-corrected chi connectivity index (χ2v) is 13.0. The zero-order valence-corrected chi connectivity index (χ0v) is 25.3. The Morgan fingerprint density at radius 1 is 1.05 bits per heavy atom. The number of nitrogens with zero attached hydrogens (tertiary/aromatic N) is 2. The highest BCUT2D eigenvalue weighted by Crippen LogP contribution is 2.37. The summed E-state index contributed by atoms with van der Waals surface area (Å²) in [4.78, 5) is 27.7. The van der Waals surface area contributed by atoms with Crippen molar-refractivity contribution in [1.82, 2.24) is 10.3 Å². The summed E-state index contributed by atoms with van der Waals surface area (Å²) in [6, 6.07) is 21.2. The van der Waals surface area contributed by atoms with Crippen LogP contribution in [0.1, 0.15) is 29.7 Å². The molecule has 4 aromatic rings. The summed E-state index contributed by atoms with van der Waals surface area (Å²) in [5.74, 6) is -2.86. The van der Waals surface area contributed by atoms with Gasteiger partial charge in [-0.1, -0.05) is 59.9 Å². The molecule has 3 aliphatic rings. The van der Waals surface area contributed by atoms with Crippen molar-refractivity contribution in [2.75, 3.05) is 32.8 Å². The molecule has 0 saturated carbocycles. The van der Waals surface area contributed by atoms with Crippen LogP contribution in [0.5, 0.6) is 5.19 Å². The molecule has 2 aromatic carbocycles. The molecule has 3 saturated heterocycles. The van der Waals surface area contributed by atoms with Crippen molar-refractivity contribution in [2.24, 2.45) is 5.92 Å². The molecule has 234 valence electrons. The Balaban J connectivity index is 0.000000493. The van der Waals surface area contributed by atoms with Crippen molar-refractivity contribution in [2.45, 2.75) is 37.1 Å². The number of thiophene rings is 1. The Hall–Kier alpha value is -3.52. The number of thiazole rings is 1. The molecular weight excluding hydrogens is 615 g/mol. The first kappa shape index (κ1) is 31.9. The normalized spacial score (nSPS) is 22.5. The van der Waals surface area contributed by atoms with E-state index in [1.165, 1.54) is 11.3 Å². The molecule has 1 unspecified atom stereocenters. The number of rotatable bonds is 9. The van der Waals surface area contributed by atoms with E-state index in [4.69, 9.17) is 14.6 Å². The van der Waals surface area contributed by atoms with Crippen molar-refractivity contribution in [3.8, 4) is 5.19 Å². The molecule has 8 nitrogen and oxygen atoms in total. The maximum absolute atomic E-state index is 13.7. The van der Waals surface area contributed by atoms with E-state index in [1.54, 1.807) is 11.3 Å². The Labute approximate surface area is 260 Å². The van der Waals surface area contributed by atoms with Crippen LogP contribution in [0.4, 0.5) is 13.2 Å². The Bertz CT molecular complexity index is 1520. The molecule has 1 amide bonds. The van der Waals surface area contributed by atoms with E-state index < -0.39 is 17.7 Å². The quantitative estimate of drug-likeness (QED) is 0.209. The van der Waals surface area contributed by atoms with Crippen molar-refractivity contribution < 1.29 is 42.2 Å². The third-order valence-corrected chi connectivity index (χ3v) is 10.3. The minimum Gasteiger partial charge on any atom is -0.542 e. The predicted octanol–water partition coefficient (Wildman–Crippen LogP) is 4.09. The van der Waals surface area contributed by atoms with Gasteiger partial charge in [0.1, 0.15) is 5.97 Å². The van der Waals surface area contributed by atoms with E-state index in [-0.39, 0.29) is 11.9 Å². The first-order valence-corrected chi connectivity index (χ1v) is 15.9. The monoisotopic (exact) mass is 647 g/mol. The second-order valence-electron chi connectivity index (χ2n) is 11.1. The van der Waals surface area contributed by atoms with Crippen LogP contribution in [0, 0.1) is 5.92 Å². The number of aliphatic hydroxyl groups is 1. The Morgan fingerprint density at radius 2 is 1.73 bits per heavy atom. The van der Waals surface area contributed by atoms with Crippen LogP contribution in [0.3, 0.4) is 0 Å². The summed E-state index contributed by atoms with van der Waals surface area (Å²) < 4.78 is 39.7. The number of piperidine rings is 3. The molecule has 0 spiro atoms. The number of amides is 1. The molecule has 44 heavy (non-hydrogen) atoms. The van der Waals surface area contributed by atoms with Crippen molar-refractivity contribution >= 4 is 44.8 Å². The fraction of sp³-hybridized carbons (Fsp3) is 0.387. The lowest BCUT2D eigenvalue weighted by molar-refractivity contribution is -0.944. The number of aromatic nitrogens is 1. The first-order chi connectivity index (χ1) is 21.0. The summed E-state index contributed by atoms with van der Waals surface area (Å²) in [5, 5.41) is 26.5. The number of para-hydroxylation sites is 1. The van der Waals surface area contributed by atoms with E-state index >= 15 is 0 Å². The van der Waals surface area contributed by atoms with Gasteiger partial charge in [-0.3, -0.25) is 4.79 Å². The van der Waals surface area contributed by atoms with Gasteiger partial charge in [-0.05, 0) is 35.1 Å². The lowest BCUT2D eigenvalue weighted by Crippen LogP contribution is -2.68. The minimum absolute atomic E-state index is 0.0652. The maximum atomic E-state index is 13.7. The number of carboxylic acid groups (broad SMARTS) is 1. The van der Waals surface area contributed by atoms with Gasteiger partial charge in [0.15, 0.2) is 0 Å². The molecule has 2 N–H and O–H groups in total. The van der Waals surface area contributed by atoms with Crippen LogP contribution < -0.4 is 15.2 Å². The average molecular weight is 648 g/mol. The number of hydrogen-bond acceptors (Lipinski definition) is 8. The number of ether oxygens (including phenoxy) is 1. The highest BCUT2D eigenvalue weighted by atomic mass is 32.1. The average Bonchev–Trinajstić information content (AvgIpc) is 3.71. The topological polar surface area (TPSA) is 112 Å². The van der Waals surface area contributed by atoms with Gasteiger partial charge in [0, 0.05) is 19.3 Å². The fourth-order valence-electron chi connectivity index (χ4n) is 6.06. The number of carbonyl (C=O) groups is 2. The second kappa shape index (κ2) is 13.2. The standard InChI is InChI=1S/C29H31N3O3S2.C2HF3O2/c33-27(29(34,26-12-6-19-36-26)22-8-2-1-3-9-22)30-24-20-32(16-13-21(24)14-17-32)15-7-18-35-28-31-23-10-4-5-11-25(23)37-28;3-2(4,5)1(6)7/h1-6,8-12,19,21,24,34H,7,13-18,20H2;(H,6,7)/t21?,24-,29?,32?;/m0./s1. The largest absolute Gasteiger partial charge is 0.542 e. The predicted molar refractivity (Wildman–Crippen MR) is 159 cm³/mol. The number of quaternary nitrogens is 1. The van der Waals surface area contributed by atoms with Gasteiger partial charge >= 0.3 is 6.18 Å². The molecule has 5 heterocycles. The maximum Gasteiger partial charge on any atom is 0.430 e. The van der Waals surface area contributed by atoms with Gasteiger partial charge in [0.2, 0.25) is 5.60 Å². The molecule has 2 bridgehead atoms. The van der Waals surface area contributed by atoms with Gasteiger partial charge in [-0.25, -0.2) is 4.98 Å². The van der Waals surface area contributed by atoms with E-state index in [2.05, 4.69) is 16.4 Å². The number of benzene rings is 2. The molecule has 2 atom stereocenters. The van der Waals surface area contributed by atoms with Crippen LogP contribution in [0.15, 0.2) is 72.1 Å². The zero-order chi connectivity index (χ0) is 31.4. The summed E-state index contributed by atoms with van der Waals surface area (Å²) in [5.41, 5.74) is -0.0941. The number of carboxylic acids is 1. The number of aliphatic carboxylic acids is 1. The molecular formula is C31H32F3N3O5S2. The highest BCUT2D eigenvalue weighted by molar-refractivity contribution is 7.20. The number of fused-ring (bicyclic) bond motifs is 4. The summed E-state index contributed by atoms with van der Waals surface area (Å²) in [7, 11) is 0. The van der Waals surface area contributed by atoms with Gasteiger partial charge < -0.3 is 29.5 Å². The van der Waals surface area contributed by atoms with Crippen LogP contribution in [0.25, 0.3) is 10.2 Å². The van der Waals surface area contributed by atoms with Crippen LogP contribution in [-0.2, 0) is 15.2 Å². The molecule has 2 aromatic heterocycles. The SMILES string of the molecule is O=C(N[C@H]1C[N+]2(CCCOc3nc4ccccc4s3)CCC1CC2)C(O)(c1ccccc1)c1cccs1.O=C([O-])C(F)(F)F. The minimum atomic E-state index is -5.19. The van der Waals surface area contributed by atoms with Gasteiger partial charge in [0.05, 0.1) is 53.9 Å². The molecule has 13 heteroatoms. The lowest BCUT2D eigenvalue weighted by Gasteiger charge is -2.53. The summed E-state index contributed by atoms with van der Waals surface area (Å²) >= 11 is 3.00. The van der Waals surface area contributed by atoms with Crippen LogP contribution in [0.2, 0.25) is 0 Å². The number of hydrogen-bond donors (Lipinski definition) is 2. The molecule has 7 rings (SSSR count). The third kappa shape index (κ3) is 7.06. The Morgan fingerprint density at radius 3 is 2.36 bits per heavy atom. The smallest absolute Gasteiger partial charge is 0.430 e. The van der Waals surface area contributed by atoms with Gasteiger partial charge in [0.25, 0.3) is 11.1 Å². The Kier molecular flexibility index (Phi) is 9.59. The van der Waals surface area contributed by atoms with Crippen molar-refractivity contribution in [1.29, 1.82) is 0 Å². The molecule has 0 aliphatic carbocycles. The number of carbonyl (C=O) groups excluding carboxylic acids is 2. The van der Waals surface area contributed by atoms with Crippen LogP contribution >= 0.6 is 22.7 Å². The van der Waals surface area contributed by atoms with E-state index in [0.717, 1.165) is 65.3 Å². The molecule has 0 radical (unpaired) electrons. The molecule has 3 fully saturated rings. The van der Waals surface area contributed by atoms with Crippen LogP contribution in [-0.4, -0.2) is 71.5 Å². The zero-order valence-electron chi connectivity index (χ0n) is 23.7. The van der Waals surface area contributed by atoms with E-state index in [9.17, 15) is 23.1 Å². The number of alkyl halides is 3. The third-order valence-electron chi connectivity index (χ3n) is 8.32. The number of nitrogens with one attached hydrogen (secondary N) is 1. The first-order valence-electron chi connectivity index (χ1n) is 14.2. The highest BCUT2D eigenvalue weighted by Gasteiger charge is 2.49. The van der Waals surface area contributed by atoms with Crippen molar-refractivity contribution in [3.05, 3.63) is 82.6 Å².